The molecular weight excluding hydrogens is 245 g/mol. The molecule has 2 heterocycles. The number of halogens is 3. The third kappa shape index (κ3) is 2.63. The van der Waals surface area contributed by atoms with Crippen molar-refractivity contribution >= 4 is 5.71 Å². The SMILES string of the molecule is CCC(C)N1CCC2(CC1)CC(C(F)(F)F)=NO2. The molecule has 1 unspecified atom stereocenters. The summed E-state index contributed by atoms with van der Waals surface area (Å²) in [6, 6.07) is 0.478. The van der Waals surface area contributed by atoms with Gasteiger partial charge >= 0.3 is 6.18 Å². The van der Waals surface area contributed by atoms with Crippen LogP contribution in [0.15, 0.2) is 5.16 Å². The Morgan fingerprint density at radius 2 is 2.00 bits per heavy atom. The Morgan fingerprint density at radius 3 is 2.44 bits per heavy atom. The summed E-state index contributed by atoms with van der Waals surface area (Å²) in [7, 11) is 0. The molecule has 0 saturated carbocycles. The molecule has 0 aliphatic carbocycles. The molecule has 3 nitrogen and oxygen atoms in total. The molecule has 0 aromatic heterocycles. The topological polar surface area (TPSA) is 24.8 Å². The first-order valence-electron chi connectivity index (χ1n) is 6.42. The summed E-state index contributed by atoms with van der Waals surface area (Å²) in [5.41, 5.74) is -1.46. The largest absolute Gasteiger partial charge is 0.432 e. The Hall–Kier alpha value is -0.780. The molecule has 1 atom stereocenters. The summed E-state index contributed by atoms with van der Waals surface area (Å²) in [6.07, 6.45) is -2.14. The minimum atomic E-state index is -4.35. The van der Waals surface area contributed by atoms with Crippen molar-refractivity contribution in [3.05, 3.63) is 0 Å². The molecule has 2 aliphatic rings. The molecule has 18 heavy (non-hydrogen) atoms. The van der Waals surface area contributed by atoms with Crippen molar-refractivity contribution in [2.45, 2.75) is 57.3 Å². The minimum absolute atomic E-state index is 0.0924. The van der Waals surface area contributed by atoms with Gasteiger partial charge in [0.2, 0.25) is 0 Å². The van der Waals surface area contributed by atoms with Crippen LogP contribution in [0.2, 0.25) is 0 Å². The molecule has 6 heteroatoms. The fourth-order valence-electron chi connectivity index (χ4n) is 2.57. The van der Waals surface area contributed by atoms with Gasteiger partial charge in [-0.05, 0) is 13.3 Å². The summed E-state index contributed by atoms with van der Waals surface area (Å²) in [5, 5.41) is 3.25. The van der Waals surface area contributed by atoms with Gasteiger partial charge in [0.1, 0.15) is 5.60 Å². The first kappa shape index (κ1) is 13.6. The van der Waals surface area contributed by atoms with Gasteiger partial charge in [0.05, 0.1) is 0 Å². The highest BCUT2D eigenvalue weighted by atomic mass is 19.4. The Labute approximate surface area is 105 Å². The third-order valence-electron chi connectivity index (χ3n) is 4.09. The van der Waals surface area contributed by atoms with E-state index in [1.54, 1.807) is 0 Å². The molecule has 0 aromatic rings. The number of hydrogen-bond donors (Lipinski definition) is 0. The van der Waals surface area contributed by atoms with Gasteiger partial charge < -0.3 is 9.74 Å². The number of nitrogens with zero attached hydrogens (tertiary/aromatic N) is 2. The van der Waals surface area contributed by atoms with Crippen molar-refractivity contribution in [3.8, 4) is 0 Å². The van der Waals surface area contributed by atoms with Crippen LogP contribution >= 0.6 is 0 Å². The standard InChI is InChI=1S/C12H19F3N2O/c1-3-9(2)17-6-4-11(5-7-17)8-10(16-18-11)12(13,14)15/h9H,3-8H2,1-2H3. The van der Waals surface area contributed by atoms with Crippen LogP contribution < -0.4 is 0 Å². The average molecular weight is 264 g/mol. The molecule has 0 N–H and O–H groups in total. The molecule has 0 aromatic carbocycles. The van der Waals surface area contributed by atoms with Crippen LogP contribution in [0.3, 0.4) is 0 Å². The van der Waals surface area contributed by atoms with E-state index in [2.05, 4.69) is 23.9 Å². The van der Waals surface area contributed by atoms with Gasteiger partial charge in [-0.25, -0.2) is 0 Å². The van der Waals surface area contributed by atoms with Crippen LogP contribution in [0.5, 0.6) is 0 Å². The first-order valence-corrected chi connectivity index (χ1v) is 6.42. The van der Waals surface area contributed by atoms with E-state index in [-0.39, 0.29) is 6.42 Å². The smallest absolute Gasteiger partial charge is 0.388 e. The van der Waals surface area contributed by atoms with E-state index < -0.39 is 17.5 Å². The normalized spacial score (nSPS) is 25.9. The first-order chi connectivity index (χ1) is 8.36. The number of alkyl halides is 3. The summed E-state index contributed by atoms with van der Waals surface area (Å²) in [5.74, 6) is 0. The maximum Gasteiger partial charge on any atom is 0.432 e. The summed E-state index contributed by atoms with van der Waals surface area (Å²) >= 11 is 0. The van der Waals surface area contributed by atoms with E-state index in [9.17, 15) is 13.2 Å². The molecule has 2 rings (SSSR count). The zero-order valence-electron chi connectivity index (χ0n) is 10.8. The van der Waals surface area contributed by atoms with Crippen LogP contribution in [0, 0.1) is 0 Å². The minimum Gasteiger partial charge on any atom is -0.388 e. The highest BCUT2D eigenvalue weighted by molar-refractivity contribution is 5.91. The zero-order chi connectivity index (χ0) is 13.4. The monoisotopic (exact) mass is 264 g/mol. The molecule has 1 saturated heterocycles. The van der Waals surface area contributed by atoms with Gasteiger partial charge in [0.15, 0.2) is 5.71 Å². The van der Waals surface area contributed by atoms with E-state index in [0.29, 0.717) is 18.9 Å². The van der Waals surface area contributed by atoms with Crippen LogP contribution in [0.4, 0.5) is 13.2 Å². The number of likely N-dealkylation sites (tertiary alicyclic amines) is 1. The van der Waals surface area contributed by atoms with Crippen LogP contribution in [0.25, 0.3) is 0 Å². The van der Waals surface area contributed by atoms with Gasteiger partial charge in [0, 0.05) is 38.4 Å². The van der Waals surface area contributed by atoms with Crippen LogP contribution in [-0.4, -0.2) is 41.5 Å². The quantitative estimate of drug-likeness (QED) is 0.766. The summed E-state index contributed by atoms with van der Waals surface area (Å²) < 4.78 is 37.6. The number of hydrogen-bond acceptors (Lipinski definition) is 3. The fraction of sp³-hybridized carbons (Fsp3) is 0.917. The lowest BCUT2D eigenvalue weighted by Crippen LogP contribution is -2.47. The fourth-order valence-corrected chi connectivity index (χ4v) is 2.57. The molecule has 0 bridgehead atoms. The van der Waals surface area contributed by atoms with Gasteiger partial charge in [-0.2, -0.15) is 13.2 Å². The predicted molar refractivity (Wildman–Crippen MR) is 62.5 cm³/mol. The lowest BCUT2D eigenvalue weighted by atomic mass is 9.86. The maximum atomic E-state index is 12.5. The molecule has 0 radical (unpaired) electrons. The second-order valence-electron chi connectivity index (χ2n) is 5.28. The maximum absolute atomic E-state index is 12.5. The van der Waals surface area contributed by atoms with Gasteiger partial charge in [-0.15, -0.1) is 0 Å². The zero-order valence-corrected chi connectivity index (χ0v) is 10.8. The van der Waals surface area contributed by atoms with E-state index in [1.807, 2.05) is 0 Å². The summed E-state index contributed by atoms with van der Waals surface area (Å²) in [6.45, 7) is 5.84. The average Bonchev–Trinajstić information content (AvgIpc) is 2.73. The van der Waals surface area contributed by atoms with Crippen molar-refractivity contribution in [3.63, 3.8) is 0 Å². The molecule has 0 amide bonds. The second-order valence-corrected chi connectivity index (χ2v) is 5.28. The number of piperidine rings is 1. The van der Waals surface area contributed by atoms with Crippen LogP contribution in [-0.2, 0) is 4.84 Å². The third-order valence-corrected chi connectivity index (χ3v) is 4.09. The Morgan fingerprint density at radius 1 is 1.39 bits per heavy atom. The second kappa shape index (κ2) is 4.72. The van der Waals surface area contributed by atoms with E-state index in [1.165, 1.54) is 0 Å². The molecule has 2 aliphatic heterocycles. The Balaban J connectivity index is 1.92. The highest BCUT2D eigenvalue weighted by Gasteiger charge is 2.50. The molecule has 1 fully saturated rings. The van der Waals surface area contributed by atoms with E-state index in [4.69, 9.17) is 4.84 Å². The molecular formula is C12H19F3N2O. The van der Waals surface area contributed by atoms with Crippen molar-refractivity contribution in [1.29, 1.82) is 0 Å². The van der Waals surface area contributed by atoms with E-state index >= 15 is 0 Å². The lowest BCUT2D eigenvalue weighted by Gasteiger charge is -2.39. The van der Waals surface area contributed by atoms with Crippen molar-refractivity contribution < 1.29 is 18.0 Å². The van der Waals surface area contributed by atoms with Gasteiger partial charge in [-0.1, -0.05) is 12.1 Å². The summed E-state index contributed by atoms with van der Waals surface area (Å²) in [4.78, 5) is 7.43. The van der Waals surface area contributed by atoms with Gasteiger partial charge in [0.25, 0.3) is 0 Å². The highest BCUT2D eigenvalue weighted by Crippen LogP contribution is 2.39. The van der Waals surface area contributed by atoms with Crippen molar-refractivity contribution in [2.24, 2.45) is 5.16 Å². The number of oxime groups is 1. The Kier molecular flexibility index (Phi) is 3.58. The molecule has 104 valence electrons. The van der Waals surface area contributed by atoms with Crippen molar-refractivity contribution in [2.75, 3.05) is 13.1 Å². The molecule has 1 spiro atoms. The predicted octanol–water partition coefficient (Wildman–Crippen LogP) is 2.96. The van der Waals surface area contributed by atoms with E-state index in [0.717, 1.165) is 19.5 Å². The number of rotatable bonds is 2. The van der Waals surface area contributed by atoms with Gasteiger partial charge in [-0.3, -0.25) is 0 Å². The van der Waals surface area contributed by atoms with Crippen LogP contribution in [0.1, 0.15) is 39.5 Å². The van der Waals surface area contributed by atoms with Crippen molar-refractivity contribution in [1.82, 2.24) is 4.90 Å². The Bertz CT molecular complexity index is 333. The lowest BCUT2D eigenvalue weighted by molar-refractivity contribution is -0.0670.